The number of hydrogen-bond donors (Lipinski definition) is 2. The van der Waals surface area contributed by atoms with Gasteiger partial charge in [-0.3, -0.25) is 0 Å². The number of ether oxygens (including phenoxy) is 4. The maximum atomic E-state index is 15.0. The Morgan fingerprint density at radius 3 is 1.97 bits per heavy atom. The van der Waals surface area contributed by atoms with Gasteiger partial charge in [-0.2, -0.15) is 0 Å². The fraction of sp³-hybridized carbons (Fsp3) is 0.478. The van der Waals surface area contributed by atoms with E-state index in [1.165, 1.54) is 20.8 Å². The quantitative estimate of drug-likeness (QED) is 0.150. The second kappa shape index (κ2) is 12.8. The van der Waals surface area contributed by atoms with E-state index in [1.807, 2.05) is 0 Å². The molecule has 0 aromatic heterocycles. The van der Waals surface area contributed by atoms with Gasteiger partial charge in [-0.05, 0) is 20.8 Å². The van der Waals surface area contributed by atoms with Gasteiger partial charge in [0.15, 0.2) is 23.3 Å². The number of carbonyl (C=O) groups excluding carboxylic acids is 2. The highest BCUT2D eigenvalue weighted by atomic mass is 19.2. The van der Waals surface area contributed by atoms with Gasteiger partial charge in [-0.15, -0.1) is 0 Å². The zero-order chi connectivity index (χ0) is 27.2. The highest BCUT2D eigenvalue weighted by Gasteiger charge is 2.44. The molecule has 0 spiro atoms. The number of rotatable bonds is 11. The molecule has 1 aliphatic heterocycles. The van der Waals surface area contributed by atoms with Crippen LogP contribution in [0.25, 0.3) is 0 Å². The number of hydrogen-bond acceptors (Lipinski definition) is 8. The maximum absolute atomic E-state index is 15.0. The molecular formula is C23H27F5N2O6. The molecule has 0 saturated carbocycles. The molecule has 1 heterocycles. The fourth-order valence-electron chi connectivity index (χ4n) is 3.55. The molecular weight excluding hydrogens is 495 g/mol. The molecule has 1 atom stereocenters. The molecule has 13 heteroatoms. The Kier molecular flexibility index (Phi) is 10.4. The lowest BCUT2D eigenvalue weighted by Gasteiger charge is -2.32. The first kappa shape index (κ1) is 29.2. The first-order valence-electron chi connectivity index (χ1n) is 10.8. The number of methoxy groups -OCH3 is 1. The van der Waals surface area contributed by atoms with Crippen LogP contribution in [0.2, 0.25) is 0 Å². The van der Waals surface area contributed by atoms with Crippen LogP contribution in [0, 0.1) is 29.1 Å². The summed E-state index contributed by atoms with van der Waals surface area (Å²) in [5, 5.41) is 2.73. The summed E-state index contributed by atoms with van der Waals surface area (Å²) >= 11 is 0. The third-order valence-electron chi connectivity index (χ3n) is 5.03. The van der Waals surface area contributed by atoms with E-state index in [0.717, 1.165) is 7.11 Å². The Balaban J connectivity index is 2.74. The predicted molar refractivity (Wildman–Crippen MR) is 116 cm³/mol. The van der Waals surface area contributed by atoms with Gasteiger partial charge in [-0.1, -0.05) is 0 Å². The molecule has 0 saturated heterocycles. The van der Waals surface area contributed by atoms with Gasteiger partial charge in [0.05, 0.1) is 62.4 Å². The summed E-state index contributed by atoms with van der Waals surface area (Å²) in [6.45, 7) is 4.57. The lowest BCUT2D eigenvalue weighted by Crippen LogP contribution is -2.36. The molecule has 0 bridgehead atoms. The summed E-state index contributed by atoms with van der Waals surface area (Å²) in [6, 6.07) is 0. The van der Waals surface area contributed by atoms with E-state index in [-0.39, 0.29) is 44.4 Å². The number of esters is 2. The monoisotopic (exact) mass is 522 g/mol. The fourth-order valence-corrected chi connectivity index (χ4v) is 3.55. The molecule has 3 N–H and O–H groups in total. The van der Waals surface area contributed by atoms with Crippen molar-refractivity contribution in [2.75, 3.05) is 40.1 Å². The van der Waals surface area contributed by atoms with E-state index in [1.54, 1.807) is 0 Å². The SMILES string of the molecule is COC(=O)C1=C(C)NC(COCCOCCN)=C(C(=O)OC(C)C)[C@@H]1c1c(F)c(F)c(F)c(F)c1F. The van der Waals surface area contributed by atoms with Gasteiger partial charge in [0.2, 0.25) is 5.82 Å². The molecule has 0 unspecified atom stereocenters. The summed E-state index contributed by atoms with van der Waals surface area (Å²) in [5.74, 6) is -15.7. The second-order valence-electron chi connectivity index (χ2n) is 7.87. The molecule has 8 nitrogen and oxygen atoms in total. The van der Waals surface area contributed by atoms with Gasteiger partial charge in [0.25, 0.3) is 0 Å². The van der Waals surface area contributed by atoms with E-state index in [9.17, 15) is 31.5 Å². The largest absolute Gasteiger partial charge is 0.466 e. The maximum Gasteiger partial charge on any atom is 0.337 e. The summed E-state index contributed by atoms with van der Waals surface area (Å²) in [7, 11) is 0.952. The Morgan fingerprint density at radius 2 is 1.44 bits per heavy atom. The van der Waals surface area contributed by atoms with E-state index in [0.29, 0.717) is 0 Å². The topological polar surface area (TPSA) is 109 Å². The lowest BCUT2D eigenvalue weighted by molar-refractivity contribution is -0.143. The number of carbonyl (C=O) groups is 2. The van der Waals surface area contributed by atoms with Crippen LogP contribution < -0.4 is 11.1 Å². The molecule has 1 aromatic carbocycles. The molecule has 36 heavy (non-hydrogen) atoms. The van der Waals surface area contributed by atoms with Crippen molar-refractivity contribution in [1.29, 1.82) is 0 Å². The average molecular weight is 522 g/mol. The first-order valence-corrected chi connectivity index (χ1v) is 10.8. The van der Waals surface area contributed by atoms with Crippen LogP contribution in [-0.2, 0) is 28.5 Å². The average Bonchev–Trinajstić information content (AvgIpc) is 2.82. The molecule has 200 valence electrons. The minimum atomic E-state index is -2.39. The molecule has 0 amide bonds. The normalized spacial score (nSPS) is 15.9. The summed E-state index contributed by atoms with van der Waals surface area (Å²) in [6.07, 6.45) is -0.734. The molecule has 0 aliphatic carbocycles. The number of allylic oxidation sites excluding steroid dienone is 1. The van der Waals surface area contributed by atoms with Crippen molar-refractivity contribution in [3.8, 4) is 0 Å². The number of nitrogens with one attached hydrogen (secondary N) is 1. The van der Waals surface area contributed by atoms with Crippen LogP contribution in [0.1, 0.15) is 32.3 Å². The number of nitrogens with two attached hydrogens (primary N) is 1. The van der Waals surface area contributed by atoms with E-state index in [4.69, 9.17) is 19.9 Å². The number of halogens is 5. The van der Waals surface area contributed by atoms with Crippen molar-refractivity contribution in [1.82, 2.24) is 5.32 Å². The van der Waals surface area contributed by atoms with Crippen molar-refractivity contribution in [2.45, 2.75) is 32.8 Å². The molecule has 0 radical (unpaired) electrons. The van der Waals surface area contributed by atoms with Gasteiger partial charge < -0.3 is 30.0 Å². The van der Waals surface area contributed by atoms with Crippen LogP contribution in [0.3, 0.4) is 0 Å². The highest BCUT2D eigenvalue weighted by Crippen LogP contribution is 2.43. The van der Waals surface area contributed by atoms with E-state index in [2.05, 4.69) is 10.1 Å². The number of benzene rings is 1. The summed E-state index contributed by atoms with van der Waals surface area (Å²) in [4.78, 5) is 25.7. The minimum Gasteiger partial charge on any atom is -0.466 e. The van der Waals surface area contributed by atoms with Crippen molar-refractivity contribution >= 4 is 11.9 Å². The van der Waals surface area contributed by atoms with Crippen LogP contribution in [-0.4, -0.2) is 58.1 Å². The Bertz CT molecular complexity index is 1040. The third kappa shape index (κ3) is 6.20. The molecule has 1 aromatic rings. The number of dihydropyridines is 1. The van der Waals surface area contributed by atoms with Gasteiger partial charge in [-0.25, -0.2) is 31.5 Å². The van der Waals surface area contributed by atoms with Gasteiger partial charge >= 0.3 is 11.9 Å². The minimum absolute atomic E-state index is 0.0114. The summed E-state index contributed by atoms with van der Waals surface area (Å²) < 4.78 is 92.5. The molecule has 1 aliphatic rings. The van der Waals surface area contributed by atoms with Crippen LogP contribution >= 0.6 is 0 Å². The van der Waals surface area contributed by atoms with Crippen LogP contribution in [0.5, 0.6) is 0 Å². The second-order valence-corrected chi connectivity index (χ2v) is 7.87. The van der Waals surface area contributed by atoms with Crippen molar-refractivity contribution in [2.24, 2.45) is 5.73 Å². The van der Waals surface area contributed by atoms with Crippen molar-refractivity contribution in [3.63, 3.8) is 0 Å². The predicted octanol–water partition coefficient (Wildman–Crippen LogP) is 2.71. The van der Waals surface area contributed by atoms with Crippen molar-refractivity contribution in [3.05, 3.63) is 57.2 Å². The molecule has 0 fully saturated rings. The zero-order valence-electron chi connectivity index (χ0n) is 20.1. The Labute approximate surface area is 204 Å². The lowest BCUT2D eigenvalue weighted by atomic mass is 9.79. The Morgan fingerprint density at radius 1 is 0.889 bits per heavy atom. The molecule has 2 rings (SSSR count). The smallest absolute Gasteiger partial charge is 0.337 e. The highest BCUT2D eigenvalue weighted by molar-refractivity contribution is 6.00. The van der Waals surface area contributed by atoms with Gasteiger partial charge in [0, 0.05) is 17.8 Å². The Hall–Kier alpha value is -3.03. The van der Waals surface area contributed by atoms with E-state index < -0.39 is 69.8 Å². The third-order valence-corrected chi connectivity index (χ3v) is 5.03. The zero-order valence-corrected chi connectivity index (χ0v) is 20.1. The van der Waals surface area contributed by atoms with Crippen molar-refractivity contribution < 1.29 is 50.5 Å². The van der Waals surface area contributed by atoms with E-state index >= 15 is 0 Å². The van der Waals surface area contributed by atoms with Crippen LogP contribution in [0.15, 0.2) is 22.5 Å². The first-order chi connectivity index (χ1) is 17.0. The van der Waals surface area contributed by atoms with Gasteiger partial charge in [0.1, 0.15) is 0 Å². The summed E-state index contributed by atoms with van der Waals surface area (Å²) in [5.41, 5.74) is 2.61. The van der Waals surface area contributed by atoms with Crippen LogP contribution in [0.4, 0.5) is 22.0 Å². The standard InChI is InChI=1S/C23H27F5N2O6/c1-10(2)36-23(32)14-12(9-35-8-7-34-6-5-29)30-11(3)13(22(31)33-4)15(14)16-17(24)19(26)21(28)20(27)18(16)25/h10,15,30H,5-9,29H2,1-4H3/t15-/m1/s1.